The van der Waals surface area contributed by atoms with Crippen molar-refractivity contribution < 1.29 is 18.3 Å². The third-order valence-corrected chi connectivity index (χ3v) is 3.18. The smallest absolute Gasteiger partial charge is 0.383 e. The molecule has 2 aromatic rings. The Balaban J connectivity index is 2.43. The monoisotopic (exact) mass is 286 g/mol. The minimum atomic E-state index is -4.62. The van der Waals surface area contributed by atoms with Crippen molar-refractivity contribution in [3.8, 4) is 0 Å². The lowest BCUT2D eigenvalue weighted by atomic mass is 10.2. The molecule has 0 aliphatic carbocycles. The minimum absolute atomic E-state index is 0.275. The maximum absolute atomic E-state index is 12.5. The van der Waals surface area contributed by atoms with Crippen LogP contribution in [0.2, 0.25) is 0 Å². The lowest BCUT2D eigenvalue weighted by Gasteiger charge is -2.15. The van der Waals surface area contributed by atoms with Crippen LogP contribution in [0.4, 0.5) is 13.2 Å². The average Bonchev–Trinajstić information content (AvgIpc) is 2.66. The molecule has 110 valence electrons. The predicted octanol–water partition coefficient (Wildman–Crippen LogP) is 3.22. The molecule has 0 aliphatic rings. The number of fused-ring (bicyclic) bond motifs is 1. The van der Waals surface area contributed by atoms with Gasteiger partial charge in [0.05, 0.1) is 11.0 Å². The van der Waals surface area contributed by atoms with Crippen LogP contribution < -0.4 is 0 Å². The van der Waals surface area contributed by atoms with Gasteiger partial charge in [0.1, 0.15) is 5.82 Å². The normalized spacial score (nSPS) is 13.9. The van der Waals surface area contributed by atoms with E-state index < -0.39 is 18.7 Å². The molecule has 0 aliphatic heterocycles. The third-order valence-electron chi connectivity index (χ3n) is 3.18. The number of imidazole rings is 1. The van der Waals surface area contributed by atoms with Crippen LogP contribution >= 0.6 is 0 Å². The number of hydrogen-bond acceptors (Lipinski definition) is 2. The molecule has 0 fully saturated rings. The Morgan fingerprint density at radius 2 is 2.05 bits per heavy atom. The number of rotatable bonds is 4. The second-order valence-corrected chi connectivity index (χ2v) is 4.93. The van der Waals surface area contributed by atoms with E-state index in [0.29, 0.717) is 12.1 Å². The number of halogens is 3. The Bertz CT molecular complexity index is 604. The van der Waals surface area contributed by atoms with Crippen molar-refractivity contribution >= 4 is 11.0 Å². The highest BCUT2D eigenvalue weighted by atomic mass is 19.4. The number of aromatic nitrogens is 2. The van der Waals surface area contributed by atoms with Crippen LogP contribution in [-0.2, 0) is 13.0 Å². The quantitative estimate of drug-likeness (QED) is 0.937. The first-order valence-corrected chi connectivity index (χ1v) is 6.53. The van der Waals surface area contributed by atoms with E-state index in [-0.39, 0.29) is 5.82 Å². The molecule has 0 radical (unpaired) electrons. The van der Waals surface area contributed by atoms with Gasteiger partial charge >= 0.3 is 6.18 Å². The third kappa shape index (κ3) is 2.95. The van der Waals surface area contributed by atoms with E-state index in [1.165, 1.54) is 0 Å². The Morgan fingerprint density at radius 1 is 1.35 bits per heavy atom. The van der Waals surface area contributed by atoms with Gasteiger partial charge in [0.2, 0.25) is 0 Å². The Morgan fingerprint density at radius 3 is 2.65 bits per heavy atom. The molecule has 1 atom stereocenters. The number of aliphatic hydroxyl groups is 1. The van der Waals surface area contributed by atoms with Crippen LogP contribution in [0, 0.1) is 6.92 Å². The van der Waals surface area contributed by atoms with Crippen LogP contribution in [0.25, 0.3) is 11.0 Å². The van der Waals surface area contributed by atoms with E-state index in [2.05, 4.69) is 4.98 Å². The highest BCUT2D eigenvalue weighted by Gasteiger charge is 2.39. The van der Waals surface area contributed by atoms with Crippen molar-refractivity contribution in [3.05, 3.63) is 29.6 Å². The molecule has 0 spiro atoms. The summed E-state index contributed by atoms with van der Waals surface area (Å²) in [5, 5.41) is 9.23. The maximum Gasteiger partial charge on any atom is 0.414 e. The van der Waals surface area contributed by atoms with Crippen molar-refractivity contribution in [3.63, 3.8) is 0 Å². The molecule has 0 saturated carbocycles. The summed E-state index contributed by atoms with van der Waals surface area (Å²) in [6.45, 7) is 4.44. The van der Waals surface area contributed by atoms with Crippen LogP contribution in [-0.4, -0.2) is 26.9 Å². The fourth-order valence-electron chi connectivity index (χ4n) is 2.21. The average molecular weight is 286 g/mol. The molecule has 1 heterocycles. The molecular weight excluding hydrogens is 269 g/mol. The molecule has 1 aromatic heterocycles. The molecule has 3 nitrogen and oxygen atoms in total. The number of alkyl halides is 3. The molecule has 1 unspecified atom stereocenters. The van der Waals surface area contributed by atoms with E-state index >= 15 is 0 Å². The summed E-state index contributed by atoms with van der Waals surface area (Å²) in [5.74, 6) is 0.275. The lowest BCUT2D eigenvalue weighted by Crippen LogP contribution is -2.31. The van der Waals surface area contributed by atoms with Gasteiger partial charge in [0.15, 0.2) is 6.10 Å². The van der Waals surface area contributed by atoms with E-state index in [0.717, 1.165) is 17.5 Å². The number of hydrogen-bond donors (Lipinski definition) is 1. The maximum atomic E-state index is 12.5. The van der Waals surface area contributed by atoms with Gasteiger partial charge in [-0.1, -0.05) is 13.0 Å². The van der Waals surface area contributed by atoms with Crippen LogP contribution in [0.3, 0.4) is 0 Å². The van der Waals surface area contributed by atoms with E-state index in [1.54, 1.807) is 4.57 Å². The largest absolute Gasteiger partial charge is 0.414 e. The first-order chi connectivity index (χ1) is 9.32. The van der Waals surface area contributed by atoms with Gasteiger partial charge in [0.25, 0.3) is 0 Å². The van der Waals surface area contributed by atoms with E-state index in [1.807, 2.05) is 32.0 Å². The van der Waals surface area contributed by atoms with Crippen molar-refractivity contribution in [2.75, 3.05) is 0 Å². The topological polar surface area (TPSA) is 38.0 Å². The summed E-state index contributed by atoms with van der Waals surface area (Å²) in [6.07, 6.45) is -6.73. The molecule has 0 saturated heterocycles. The van der Waals surface area contributed by atoms with Crippen LogP contribution in [0.1, 0.15) is 24.7 Å². The molecular formula is C14H17F3N2O. The number of aryl methyl sites for hydroxylation is 2. The summed E-state index contributed by atoms with van der Waals surface area (Å²) >= 11 is 0. The van der Waals surface area contributed by atoms with Crippen LogP contribution in [0.5, 0.6) is 0 Å². The number of aliphatic hydroxyl groups excluding tert-OH is 1. The summed E-state index contributed by atoms with van der Waals surface area (Å²) in [6, 6.07) is 5.60. The van der Waals surface area contributed by atoms with Gasteiger partial charge in [-0.15, -0.1) is 0 Å². The number of nitrogens with zero attached hydrogens (tertiary/aromatic N) is 2. The minimum Gasteiger partial charge on any atom is -0.383 e. The van der Waals surface area contributed by atoms with Gasteiger partial charge < -0.3 is 9.67 Å². The van der Waals surface area contributed by atoms with Gasteiger partial charge in [-0.2, -0.15) is 13.2 Å². The van der Waals surface area contributed by atoms with Gasteiger partial charge in [-0.05, 0) is 31.0 Å². The molecule has 0 bridgehead atoms. The first-order valence-electron chi connectivity index (χ1n) is 6.53. The van der Waals surface area contributed by atoms with Gasteiger partial charge in [-0.3, -0.25) is 0 Å². The molecule has 1 N–H and O–H groups in total. The van der Waals surface area contributed by atoms with E-state index in [9.17, 15) is 18.3 Å². The van der Waals surface area contributed by atoms with Crippen molar-refractivity contribution in [1.29, 1.82) is 0 Å². The zero-order valence-electron chi connectivity index (χ0n) is 11.4. The Labute approximate surface area is 115 Å². The van der Waals surface area contributed by atoms with Crippen molar-refractivity contribution in [2.24, 2.45) is 0 Å². The summed E-state index contributed by atoms with van der Waals surface area (Å²) < 4.78 is 39.2. The van der Waals surface area contributed by atoms with Gasteiger partial charge in [-0.25, -0.2) is 4.98 Å². The highest BCUT2D eigenvalue weighted by Crippen LogP contribution is 2.25. The van der Waals surface area contributed by atoms with Crippen LogP contribution in [0.15, 0.2) is 18.2 Å². The molecule has 1 aromatic carbocycles. The summed E-state index contributed by atoms with van der Waals surface area (Å²) in [5.41, 5.74) is 2.48. The van der Waals surface area contributed by atoms with Crippen molar-refractivity contribution in [2.45, 2.75) is 45.5 Å². The fourth-order valence-corrected chi connectivity index (χ4v) is 2.21. The zero-order valence-corrected chi connectivity index (χ0v) is 11.4. The molecule has 20 heavy (non-hydrogen) atoms. The summed E-state index contributed by atoms with van der Waals surface area (Å²) in [4.78, 5) is 4.25. The second-order valence-electron chi connectivity index (χ2n) is 4.93. The SMILES string of the molecule is CCCn1c(CC(O)C(F)(F)F)nc2cc(C)ccc21. The Hall–Kier alpha value is -1.56. The van der Waals surface area contributed by atoms with E-state index in [4.69, 9.17) is 0 Å². The summed E-state index contributed by atoms with van der Waals surface area (Å²) in [7, 11) is 0. The standard InChI is InChI=1S/C14H17F3N2O/c1-3-6-19-11-5-4-9(2)7-10(11)18-13(19)8-12(20)14(15,16)17/h4-5,7,12,20H,3,6,8H2,1-2H3. The highest BCUT2D eigenvalue weighted by molar-refractivity contribution is 5.76. The van der Waals surface area contributed by atoms with Crippen molar-refractivity contribution in [1.82, 2.24) is 9.55 Å². The second kappa shape index (κ2) is 5.44. The molecule has 6 heteroatoms. The first kappa shape index (κ1) is 14.8. The lowest BCUT2D eigenvalue weighted by molar-refractivity contribution is -0.203. The zero-order chi connectivity index (χ0) is 14.9. The number of benzene rings is 1. The molecule has 0 amide bonds. The Kier molecular flexibility index (Phi) is 4.04. The predicted molar refractivity (Wildman–Crippen MR) is 70.5 cm³/mol. The molecule has 2 rings (SSSR count). The fraction of sp³-hybridized carbons (Fsp3) is 0.500. The van der Waals surface area contributed by atoms with Gasteiger partial charge in [0, 0.05) is 13.0 Å².